The van der Waals surface area contributed by atoms with Gasteiger partial charge in [-0.1, -0.05) is 12.8 Å². The summed E-state index contributed by atoms with van der Waals surface area (Å²) in [6, 6.07) is -1.87. The molecule has 36 heavy (non-hydrogen) atoms. The van der Waals surface area contributed by atoms with Gasteiger partial charge in [-0.15, -0.1) is 0 Å². The molecule has 2 atom stereocenters. The number of esters is 2. The molecule has 0 radical (unpaired) electrons. The number of unbranched alkanes of at least 4 members (excludes halogenated alkanes) is 1. The van der Waals surface area contributed by atoms with Gasteiger partial charge in [0.25, 0.3) is 0 Å². The number of carbonyl (C=O) groups excluding carboxylic acids is 4. The average molecular weight is 517 g/mol. The van der Waals surface area contributed by atoms with E-state index in [-0.39, 0.29) is 12.8 Å². The summed E-state index contributed by atoms with van der Waals surface area (Å²) >= 11 is 0. The largest absolute Gasteiger partial charge is 0.458 e. The molecular weight excluding hydrogens is 468 g/mol. The van der Waals surface area contributed by atoms with E-state index in [1.807, 2.05) is 0 Å². The molecule has 0 aliphatic carbocycles. The molecule has 210 valence electrons. The Balaban J connectivity index is 5.27. The van der Waals surface area contributed by atoms with Gasteiger partial charge in [0, 0.05) is 0 Å². The minimum absolute atomic E-state index is 0.252. The van der Waals surface area contributed by atoms with Crippen molar-refractivity contribution in [3.8, 4) is 0 Å². The molecule has 0 rings (SSSR count). The van der Waals surface area contributed by atoms with Crippen molar-refractivity contribution in [2.24, 2.45) is 0 Å². The first-order chi connectivity index (χ1) is 16.0. The lowest BCUT2D eigenvalue weighted by molar-refractivity contribution is -0.159. The Labute approximate surface area is 216 Å². The number of nitrogens with one attached hydrogen (secondary N) is 2. The number of alkyl carbamates (subject to hydrolysis) is 2. The first kappa shape index (κ1) is 33.5. The molecule has 0 spiro atoms. The summed E-state index contributed by atoms with van der Waals surface area (Å²) in [6.45, 7) is 20.8. The van der Waals surface area contributed by atoms with Gasteiger partial charge in [0.2, 0.25) is 0 Å². The van der Waals surface area contributed by atoms with Crippen LogP contribution in [0.2, 0.25) is 0 Å². The van der Waals surface area contributed by atoms with E-state index in [0.717, 1.165) is 0 Å². The molecule has 0 aliphatic heterocycles. The summed E-state index contributed by atoms with van der Waals surface area (Å²) in [4.78, 5) is 49.9. The van der Waals surface area contributed by atoms with Gasteiger partial charge in [-0.05, 0) is 95.9 Å². The third kappa shape index (κ3) is 17.8. The van der Waals surface area contributed by atoms with E-state index >= 15 is 0 Å². The van der Waals surface area contributed by atoms with E-state index in [4.69, 9.17) is 18.9 Å². The molecule has 0 saturated carbocycles. The lowest BCUT2D eigenvalue weighted by Gasteiger charge is -2.27. The van der Waals surface area contributed by atoms with Crippen molar-refractivity contribution >= 4 is 24.1 Å². The van der Waals surface area contributed by atoms with Crippen molar-refractivity contribution in [1.82, 2.24) is 10.6 Å². The van der Waals surface area contributed by atoms with Crippen LogP contribution >= 0.6 is 0 Å². The maximum absolute atomic E-state index is 12.7. The molecule has 2 N–H and O–H groups in total. The molecule has 0 aliphatic rings. The topological polar surface area (TPSA) is 129 Å². The smallest absolute Gasteiger partial charge is 0.408 e. The van der Waals surface area contributed by atoms with Crippen molar-refractivity contribution in [2.45, 2.75) is 143 Å². The normalized spacial score (nSPS) is 14.2. The van der Waals surface area contributed by atoms with E-state index < -0.39 is 58.6 Å². The molecule has 0 aromatic rings. The van der Waals surface area contributed by atoms with Gasteiger partial charge in [0.1, 0.15) is 34.5 Å². The Bertz CT molecular complexity index is 688. The van der Waals surface area contributed by atoms with Gasteiger partial charge in [0.05, 0.1) is 0 Å². The highest BCUT2D eigenvalue weighted by Crippen LogP contribution is 2.17. The van der Waals surface area contributed by atoms with Crippen LogP contribution in [0.5, 0.6) is 0 Å². The fourth-order valence-corrected chi connectivity index (χ4v) is 2.84. The Morgan fingerprint density at radius 2 is 0.750 bits per heavy atom. The summed E-state index contributed by atoms with van der Waals surface area (Å²) in [6.07, 6.45) is -0.0408. The summed E-state index contributed by atoms with van der Waals surface area (Å²) in [7, 11) is 0. The zero-order valence-electron chi connectivity index (χ0n) is 24.2. The lowest BCUT2D eigenvalue weighted by atomic mass is 10.0. The van der Waals surface area contributed by atoms with Crippen LogP contribution in [0, 0.1) is 0 Å². The standard InChI is InChI=1S/C26H48N2O8/c1-23(2,3)33-19(29)17(27-21(31)35-25(7,8)9)15-13-14-16-18(20(30)34-24(4,5)6)28-22(32)36-26(10,11)12/h17-18H,13-16H2,1-12H3,(H,27,31)(H,28,32)/t17-,18-/m0/s1. The van der Waals surface area contributed by atoms with Crippen LogP contribution in [0.15, 0.2) is 0 Å². The van der Waals surface area contributed by atoms with Gasteiger partial charge in [-0.2, -0.15) is 0 Å². The van der Waals surface area contributed by atoms with E-state index in [9.17, 15) is 19.2 Å². The monoisotopic (exact) mass is 516 g/mol. The number of carbonyl (C=O) groups is 4. The first-order valence-electron chi connectivity index (χ1n) is 12.4. The maximum atomic E-state index is 12.7. The van der Waals surface area contributed by atoms with Gasteiger partial charge in [0.15, 0.2) is 0 Å². The van der Waals surface area contributed by atoms with E-state index in [0.29, 0.717) is 12.8 Å². The number of rotatable bonds is 9. The number of hydrogen-bond donors (Lipinski definition) is 2. The number of ether oxygens (including phenoxy) is 4. The summed E-state index contributed by atoms with van der Waals surface area (Å²) < 4.78 is 21.4. The molecule has 10 heteroatoms. The SMILES string of the molecule is CC(C)(C)OC(=O)N[C@@H](CCCC[C@H](NC(=O)OC(C)(C)C)C(=O)OC(C)(C)C)C(=O)OC(C)(C)C. The van der Waals surface area contributed by atoms with E-state index in [1.165, 1.54) is 0 Å². The zero-order valence-corrected chi connectivity index (χ0v) is 24.2. The van der Waals surface area contributed by atoms with Crippen molar-refractivity contribution in [2.75, 3.05) is 0 Å². The van der Waals surface area contributed by atoms with Crippen molar-refractivity contribution in [3.05, 3.63) is 0 Å². The predicted molar refractivity (Wildman–Crippen MR) is 136 cm³/mol. The fraction of sp³-hybridized carbons (Fsp3) is 0.846. The zero-order chi connectivity index (χ0) is 28.5. The molecule has 0 saturated heterocycles. The first-order valence-corrected chi connectivity index (χ1v) is 12.4. The fourth-order valence-electron chi connectivity index (χ4n) is 2.84. The number of amides is 2. The molecule has 0 aromatic heterocycles. The summed E-state index contributed by atoms with van der Waals surface area (Å²) in [5.74, 6) is -1.16. The molecule has 0 unspecified atom stereocenters. The molecule has 0 heterocycles. The minimum atomic E-state index is -0.933. The second kappa shape index (κ2) is 13.1. The van der Waals surface area contributed by atoms with Crippen LogP contribution < -0.4 is 10.6 Å². The van der Waals surface area contributed by atoms with E-state index in [1.54, 1.807) is 83.1 Å². The highest BCUT2D eigenvalue weighted by molar-refractivity contribution is 5.82. The van der Waals surface area contributed by atoms with Crippen LogP contribution in [0.25, 0.3) is 0 Å². The molecule has 0 bridgehead atoms. The van der Waals surface area contributed by atoms with Crippen LogP contribution in [0.1, 0.15) is 109 Å². The summed E-state index contributed by atoms with van der Waals surface area (Å²) in [5.41, 5.74) is -2.92. The third-order valence-corrected chi connectivity index (χ3v) is 4.00. The molecule has 0 aromatic carbocycles. The predicted octanol–water partition coefficient (Wildman–Crippen LogP) is 5.02. The summed E-state index contributed by atoms with van der Waals surface area (Å²) in [5, 5.41) is 5.16. The minimum Gasteiger partial charge on any atom is -0.458 e. The molecule has 0 fully saturated rings. The molecule has 10 nitrogen and oxygen atoms in total. The van der Waals surface area contributed by atoms with E-state index in [2.05, 4.69) is 10.6 Å². The van der Waals surface area contributed by atoms with Gasteiger partial charge in [-0.25, -0.2) is 19.2 Å². The Kier molecular flexibility index (Phi) is 12.2. The average Bonchev–Trinajstić information content (AvgIpc) is 2.56. The lowest BCUT2D eigenvalue weighted by Crippen LogP contribution is -2.46. The highest BCUT2D eigenvalue weighted by Gasteiger charge is 2.30. The van der Waals surface area contributed by atoms with Crippen LogP contribution in [-0.4, -0.2) is 58.6 Å². The quantitative estimate of drug-likeness (QED) is 0.248. The maximum Gasteiger partial charge on any atom is 0.408 e. The Morgan fingerprint density at radius 3 is 0.972 bits per heavy atom. The van der Waals surface area contributed by atoms with Gasteiger partial charge in [-0.3, -0.25) is 0 Å². The van der Waals surface area contributed by atoms with Crippen LogP contribution in [-0.2, 0) is 28.5 Å². The molecular formula is C26H48N2O8. The highest BCUT2D eigenvalue weighted by atomic mass is 16.6. The Morgan fingerprint density at radius 1 is 0.500 bits per heavy atom. The van der Waals surface area contributed by atoms with Crippen molar-refractivity contribution in [3.63, 3.8) is 0 Å². The Hall–Kier alpha value is -2.52. The third-order valence-electron chi connectivity index (χ3n) is 4.00. The van der Waals surface area contributed by atoms with Crippen molar-refractivity contribution < 1.29 is 38.1 Å². The van der Waals surface area contributed by atoms with Crippen LogP contribution in [0.4, 0.5) is 9.59 Å². The van der Waals surface area contributed by atoms with Gasteiger partial charge >= 0.3 is 24.1 Å². The second-order valence-electron chi connectivity index (χ2n) is 12.7. The van der Waals surface area contributed by atoms with Crippen molar-refractivity contribution in [1.29, 1.82) is 0 Å². The van der Waals surface area contributed by atoms with Gasteiger partial charge < -0.3 is 29.6 Å². The van der Waals surface area contributed by atoms with Crippen LogP contribution in [0.3, 0.4) is 0 Å². The second-order valence-corrected chi connectivity index (χ2v) is 12.7. The number of hydrogen-bond acceptors (Lipinski definition) is 8. The molecule has 2 amide bonds.